The number of amides is 1. The maximum absolute atomic E-state index is 13.2. The lowest BCUT2D eigenvalue weighted by atomic mass is 9.89. The fourth-order valence-corrected chi connectivity index (χ4v) is 4.53. The molecule has 1 aromatic heterocycles. The van der Waals surface area contributed by atoms with Crippen molar-refractivity contribution in [1.82, 2.24) is 14.4 Å². The number of aromatic nitrogens is 1. The van der Waals surface area contributed by atoms with Crippen molar-refractivity contribution in [1.29, 1.82) is 0 Å². The average Bonchev–Trinajstić information content (AvgIpc) is 2.83. The van der Waals surface area contributed by atoms with Crippen LogP contribution in [0.15, 0.2) is 23.1 Å². The van der Waals surface area contributed by atoms with Gasteiger partial charge in [-0.25, -0.2) is 9.59 Å². The number of pyridine rings is 1. The summed E-state index contributed by atoms with van der Waals surface area (Å²) >= 11 is 0. The van der Waals surface area contributed by atoms with Gasteiger partial charge in [-0.3, -0.25) is 9.69 Å². The molecule has 1 unspecified atom stereocenters. The predicted octanol–water partition coefficient (Wildman–Crippen LogP) is 2.97. The molecule has 1 aliphatic heterocycles. The van der Waals surface area contributed by atoms with Crippen LogP contribution >= 0.6 is 0 Å². The molecule has 3 rings (SSSR count). The van der Waals surface area contributed by atoms with Gasteiger partial charge in [-0.05, 0) is 58.1 Å². The zero-order chi connectivity index (χ0) is 27.7. The van der Waals surface area contributed by atoms with Crippen molar-refractivity contribution < 1.29 is 28.5 Å². The van der Waals surface area contributed by atoms with E-state index in [0.717, 1.165) is 16.7 Å². The lowest BCUT2D eigenvalue weighted by molar-refractivity contribution is -0.147. The number of carbonyl (C=O) groups is 2. The van der Waals surface area contributed by atoms with Gasteiger partial charge in [0.25, 0.3) is 5.56 Å². The van der Waals surface area contributed by atoms with Gasteiger partial charge in [0.15, 0.2) is 0 Å². The van der Waals surface area contributed by atoms with Crippen LogP contribution in [-0.2, 0) is 40.8 Å². The summed E-state index contributed by atoms with van der Waals surface area (Å²) < 4.78 is 23.5. The van der Waals surface area contributed by atoms with Crippen molar-refractivity contribution in [3.05, 3.63) is 45.4 Å². The first-order valence-electron chi connectivity index (χ1n) is 12.0. The van der Waals surface area contributed by atoms with Gasteiger partial charge in [0.1, 0.15) is 23.1 Å². The lowest BCUT2D eigenvalue weighted by Gasteiger charge is -2.36. The van der Waals surface area contributed by atoms with Crippen molar-refractivity contribution >= 4 is 12.1 Å². The Bertz CT molecular complexity index is 1220. The van der Waals surface area contributed by atoms with Crippen molar-refractivity contribution in [3.63, 3.8) is 0 Å². The summed E-state index contributed by atoms with van der Waals surface area (Å²) in [6.07, 6.45) is 1.08. The molecule has 2 aromatic rings. The zero-order valence-corrected chi connectivity index (χ0v) is 23.1. The highest BCUT2D eigenvalue weighted by atomic mass is 16.6. The largest absolute Gasteiger partial charge is 0.496 e. The number of methoxy groups -OCH3 is 3. The maximum atomic E-state index is 13.2. The molecule has 0 saturated carbocycles. The number of benzene rings is 1. The molecule has 0 fully saturated rings. The number of esters is 1. The number of nitrogens with zero attached hydrogens (tertiary/aromatic N) is 3. The van der Waals surface area contributed by atoms with Crippen LogP contribution in [0.1, 0.15) is 37.5 Å². The second-order valence-electron chi connectivity index (χ2n) is 10.4. The molecular weight excluding hydrogens is 478 g/mol. The summed E-state index contributed by atoms with van der Waals surface area (Å²) in [6, 6.07) is 2.80. The molecule has 10 heteroatoms. The summed E-state index contributed by atoms with van der Waals surface area (Å²) in [5, 5.41) is 0. The highest BCUT2D eigenvalue weighted by Gasteiger charge is 2.40. The highest BCUT2D eigenvalue weighted by Crippen LogP contribution is 2.39. The number of fused-ring (bicyclic) bond motifs is 1. The third-order valence-corrected chi connectivity index (χ3v) is 6.19. The van der Waals surface area contributed by atoms with E-state index in [1.807, 2.05) is 31.1 Å². The molecular formula is C27H37N3O7. The van der Waals surface area contributed by atoms with Crippen molar-refractivity contribution in [2.75, 3.05) is 35.4 Å². The van der Waals surface area contributed by atoms with Crippen molar-refractivity contribution in [3.8, 4) is 22.6 Å². The first-order chi connectivity index (χ1) is 17.3. The summed E-state index contributed by atoms with van der Waals surface area (Å²) in [5.41, 5.74) is 2.45. The molecule has 0 bridgehead atoms. The molecule has 37 heavy (non-hydrogen) atoms. The van der Waals surface area contributed by atoms with E-state index in [9.17, 15) is 14.4 Å². The number of hydrogen-bond donors (Lipinski definition) is 0. The smallest absolute Gasteiger partial charge is 0.411 e. The van der Waals surface area contributed by atoms with E-state index >= 15 is 0 Å². The standard InChI is InChI=1S/C27H37N3O7/c1-27(2,3)37-26(33)30-15-19-17(12-21(30)25(32)36-9)24(31)29(6)14-18(19)16-10-22(34-7)20(13-28(4)5)23(11-16)35-8/h10-11,14,21H,12-13,15H2,1-9H3. The number of carbonyl (C=O) groups excluding carboxylic acids is 2. The van der Waals surface area contributed by atoms with Gasteiger partial charge in [-0.15, -0.1) is 0 Å². The van der Waals surface area contributed by atoms with E-state index < -0.39 is 23.7 Å². The Morgan fingerprint density at radius 2 is 1.65 bits per heavy atom. The Balaban J connectivity index is 2.23. The first-order valence-corrected chi connectivity index (χ1v) is 12.0. The van der Waals surface area contributed by atoms with E-state index in [1.165, 1.54) is 16.6 Å². The molecule has 1 atom stereocenters. The van der Waals surface area contributed by atoms with Gasteiger partial charge in [0.05, 0.1) is 33.4 Å². The monoisotopic (exact) mass is 515 g/mol. The molecule has 0 aliphatic carbocycles. The SMILES string of the molecule is COC(=O)C1Cc2c(c(-c3cc(OC)c(CN(C)C)c(OC)c3)cn(C)c2=O)CN1C(=O)OC(C)(C)C. The maximum Gasteiger partial charge on any atom is 0.411 e. The Morgan fingerprint density at radius 1 is 1.05 bits per heavy atom. The van der Waals surface area contributed by atoms with Gasteiger partial charge in [0.2, 0.25) is 0 Å². The fourth-order valence-electron chi connectivity index (χ4n) is 4.53. The molecule has 0 saturated heterocycles. The first kappa shape index (κ1) is 28.0. The van der Waals surface area contributed by atoms with Gasteiger partial charge >= 0.3 is 12.1 Å². The van der Waals surface area contributed by atoms with E-state index in [0.29, 0.717) is 29.2 Å². The summed E-state index contributed by atoms with van der Waals surface area (Å²) in [6.45, 7) is 5.87. The van der Waals surface area contributed by atoms with Crippen LogP contribution in [0.5, 0.6) is 11.5 Å². The van der Waals surface area contributed by atoms with Crippen LogP contribution in [0.3, 0.4) is 0 Å². The van der Waals surface area contributed by atoms with E-state index in [-0.39, 0.29) is 18.5 Å². The summed E-state index contributed by atoms with van der Waals surface area (Å²) in [5.74, 6) is 0.663. The molecule has 10 nitrogen and oxygen atoms in total. The highest BCUT2D eigenvalue weighted by molar-refractivity contribution is 5.83. The molecule has 1 amide bonds. The average molecular weight is 516 g/mol. The summed E-state index contributed by atoms with van der Waals surface area (Å²) in [7, 11) is 10.0. The number of ether oxygens (including phenoxy) is 4. The topological polar surface area (TPSA) is 99.5 Å². The Labute approximate surface area is 217 Å². The van der Waals surface area contributed by atoms with Gasteiger partial charge in [0, 0.05) is 37.3 Å². The number of aryl methyl sites for hydroxylation is 1. The Morgan fingerprint density at radius 3 is 2.14 bits per heavy atom. The fraction of sp³-hybridized carbons (Fsp3) is 0.519. The van der Waals surface area contributed by atoms with Gasteiger partial charge in [-0.1, -0.05) is 0 Å². The predicted molar refractivity (Wildman–Crippen MR) is 139 cm³/mol. The molecule has 1 aliphatic rings. The zero-order valence-electron chi connectivity index (χ0n) is 23.1. The normalized spacial score (nSPS) is 15.3. The van der Waals surface area contributed by atoms with Crippen LogP contribution in [-0.4, -0.2) is 73.5 Å². The minimum atomic E-state index is -0.984. The summed E-state index contributed by atoms with van der Waals surface area (Å²) in [4.78, 5) is 42.4. The number of rotatable bonds is 6. The van der Waals surface area contributed by atoms with Crippen molar-refractivity contribution in [2.24, 2.45) is 7.05 Å². The molecule has 1 aromatic carbocycles. The van der Waals surface area contributed by atoms with Gasteiger partial charge < -0.3 is 28.4 Å². The second-order valence-corrected chi connectivity index (χ2v) is 10.4. The lowest BCUT2D eigenvalue weighted by Crippen LogP contribution is -2.52. The van der Waals surface area contributed by atoms with E-state index in [4.69, 9.17) is 18.9 Å². The molecule has 0 N–H and O–H groups in total. The van der Waals surface area contributed by atoms with Crippen molar-refractivity contribution in [2.45, 2.75) is 51.9 Å². The van der Waals surface area contributed by atoms with Crippen LogP contribution in [0.25, 0.3) is 11.1 Å². The molecule has 2 heterocycles. The minimum Gasteiger partial charge on any atom is -0.496 e. The van der Waals surface area contributed by atoms with E-state index in [2.05, 4.69) is 0 Å². The second kappa shape index (κ2) is 10.8. The van der Waals surface area contributed by atoms with E-state index in [1.54, 1.807) is 48.2 Å². The van der Waals surface area contributed by atoms with Gasteiger partial charge in [-0.2, -0.15) is 0 Å². The Kier molecular flexibility index (Phi) is 8.22. The number of hydrogen-bond acceptors (Lipinski definition) is 8. The Hall–Kier alpha value is -3.53. The van der Waals surface area contributed by atoms with Crippen LogP contribution < -0.4 is 15.0 Å². The van der Waals surface area contributed by atoms with Crippen LogP contribution in [0, 0.1) is 0 Å². The van der Waals surface area contributed by atoms with Crippen LogP contribution in [0.2, 0.25) is 0 Å². The molecule has 0 radical (unpaired) electrons. The molecule has 202 valence electrons. The quantitative estimate of drug-likeness (QED) is 0.542. The minimum absolute atomic E-state index is 0.000489. The molecule has 0 spiro atoms. The third-order valence-electron chi connectivity index (χ3n) is 6.19. The van der Waals surface area contributed by atoms with Crippen LogP contribution in [0.4, 0.5) is 4.79 Å². The third kappa shape index (κ3) is 5.90.